The predicted molar refractivity (Wildman–Crippen MR) is 49.9 cm³/mol. The first kappa shape index (κ1) is 9.30. The highest BCUT2D eigenvalue weighted by Gasteiger charge is 2.11. The second-order valence-corrected chi connectivity index (χ2v) is 3.30. The molecule has 0 radical (unpaired) electrons. The van der Waals surface area contributed by atoms with E-state index in [4.69, 9.17) is 0 Å². The molecule has 12 heavy (non-hydrogen) atoms. The van der Waals surface area contributed by atoms with Gasteiger partial charge in [-0.1, -0.05) is 6.92 Å². The molecule has 1 saturated heterocycles. The lowest BCUT2D eigenvalue weighted by Crippen LogP contribution is -2.17. The molecular weight excluding hydrogens is 150 g/mol. The average Bonchev–Trinajstić information content (AvgIpc) is 2.56. The summed E-state index contributed by atoms with van der Waals surface area (Å²) >= 11 is 0. The maximum Gasteiger partial charge on any atom is 0.157 e. The van der Waals surface area contributed by atoms with E-state index in [0.29, 0.717) is 6.42 Å². The molecule has 2 nitrogen and oxygen atoms in total. The molecule has 0 aromatic carbocycles. The first-order valence-electron chi connectivity index (χ1n) is 4.70. The van der Waals surface area contributed by atoms with Crippen LogP contribution in [0.5, 0.6) is 0 Å². The van der Waals surface area contributed by atoms with Gasteiger partial charge in [-0.2, -0.15) is 0 Å². The molecule has 0 spiro atoms. The summed E-state index contributed by atoms with van der Waals surface area (Å²) in [5.41, 5.74) is 1.14. The second kappa shape index (κ2) is 4.29. The number of likely N-dealkylation sites (tertiary alicyclic amines) is 1. The number of ketones is 1. The lowest BCUT2D eigenvalue weighted by molar-refractivity contribution is -0.114. The van der Waals surface area contributed by atoms with E-state index in [9.17, 15) is 4.79 Å². The third-order valence-corrected chi connectivity index (χ3v) is 2.32. The summed E-state index contributed by atoms with van der Waals surface area (Å²) in [6.07, 6.45) is 4.92. The Labute approximate surface area is 74.2 Å². The first-order chi connectivity index (χ1) is 5.74. The van der Waals surface area contributed by atoms with Crippen molar-refractivity contribution in [3.8, 4) is 0 Å². The molecule has 0 N–H and O–H groups in total. The van der Waals surface area contributed by atoms with E-state index in [1.165, 1.54) is 12.8 Å². The summed E-state index contributed by atoms with van der Waals surface area (Å²) in [7, 11) is 0. The van der Waals surface area contributed by atoms with Crippen LogP contribution < -0.4 is 0 Å². The number of carbonyl (C=O) groups excluding carboxylic acids is 1. The van der Waals surface area contributed by atoms with Crippen molar-refractivity contribution in [1.82, 2.24) is 4.90 Å². The van der Waals surface area contributed by atoms with Crippen molar-refractivity contribution in [1.29, 1.82) is 0 Å². The lowest BCUT2D eigenvalue weighted by Gasteiger charge is -2.17. The van der Waals surface area contributed by atoms with Crippen molar-refractivity contribution in [2.45, 2.75) is 33.1 Å². The summed E-state index contributed by atoms with van der Waals surface area (Å²) in [5, 5.41) is 0. The van der Waals surface area contributed by atoms with Gasteiger partial charge in [0.25, 0.3) is 0 Å². The minimum Gasteiger partial charge on any atom is -0.375 e. The molecule has 1 rings (SSSR count). The van der Waals surface area contributed by atoms with Gasteiger partial charge in [0.1, 0.15) is 0 Å². The molecule has 0 amide bonds. The SMILES string of the molecule is CCC(=O)/C=C(\C)N1CCCC1. The van der Waals surface area contributed by atoms with Gasteiger partial charge in [0, 0.05) is 25.2 Å². The van der Waals surface area contributed by atoms with Crippen LogP contribution in [0.15, 0.2) is 11.8 Å². The molecule has 0 aliphatic carbocycles. The average molecular weight is 167 g/mol. The van der Waals surface area contributed by atoms with Crippen molar-refractivity contribution in [3.63, 3.8) is 0 Å². The van der Waals surface area contributed by atoms with Gasteiger partial charge < -0.3 is 4.90 Å². The summed E-state index contributed by atoms with van der Waals surface area (Å²) in [6, 6.07) is 0. The minimum absolute atomic E-state index is 0.236. The van der Waals surface area contributed by atoms with E-state index in [1.807, 2.05) is 13.8 Å². The standard InChI is InChI=1S/C10H17NO/c1-3-10(12)8-9(2)11-6-4-5-7-11/h8H,3-7H2,1-2H3/b9-8+. The van der Waals surface area contributed by atoms with E-state index < -0.39 is 0 Å². The highest BCUT2D eigenvalue weighted by Crippen LogP contribution is 2.13. The minimum atomic E-state index is 0.236. The quantitative estimate of drug-likeness (QED) is 0.599. The largest absolute Gasteiger partial charge is 0.375 e. The normalized spacial score (nSPS) is 18.5. The van der Waals surface area contributed by atoms with Gasteiger partial charge in [-0.25, -0.2) is 0 Å². The molecule has 1 fully saturated rings. The van der Waals surface area contributed by atoms with E-state index in [-0.39, 0.29) is 5.78 Å². The third kappa shape index (κ3) is 2.36. The van der Waals surface area contributed by atoms with E-state index in [1.54, 1.807) is 6.08 Å². The molecule has 0 saturated carbocycles. The van der Waals surface area contributed by atoms with Crippen LogP contribution in [0.3, 0.4) is 0 Å². The van der Waals surface area contributed by atoms with Crippen LogP contribution in [0.2, 0.25) is 0 Å². The maximum absolute atomic E-state index is 11.1. The van der Waals surface area contributed by atoms with Crippen molar-refractivity contribution in [2.75, 3.05) is 13.1 Å². The Balaban J connectivity index is 2.49. The monoisotopic (exact) mass is 167 g/mol. The Morgan fingerprint density at radius 3 is 2.50 bits per heavy atom. The second-order valence-electron chi connectivity index (χ2n) is 3.30. The zero-order valence-corrected chi connectivity index (χ0v) is 7.97. The Morgan fingerprint density at radius 2 is 2.00 bits per heavy atom. The zero-order chi connectivity index (χ0) is 8.97. The Bertz CT molecular complexity index is 190. The van der Waals surface area contributed by atoms with Crippen LogP contribution in [0.1, 0.15) is 33.1 Å². The topological polar surface area (TPSA) is 20.3 Å². The van der Waals surface area contributed by atoms with Gasteiger partial charge in [-0.05, 0) is 25.8 Å². The van der Waals surface area contributed by atoms with Gasteiger partial charge in [0.15, 0.2) is 5.78 Å². The third-order valence-electron chi connectivity index (χ3n) is 2.32. The molecule has 1 heterocycles. The number of hydrogen-bond donors (Lipinski definition) is 0. The summed E-state index contributed by atoms with van der Waals surface area (Å²) < 4.78 is 0. The molecule has 0 unspecified atom stereocenters. The first-order valence-corrected chi connectivity index (χ1v) is 4.70. The highest BCUT2D eigenvalue weighted by atomic mass is 16.1. The highest BCUT2D eigenvalue weighted by molar-refractivity contribution is 5.89. The molecule has 1 aliphatic heterocycles. The predicted octanol–water partition coefficient (Wildman–Crippen LogP) is 1.97. The molecule has 0 atom stereocenters. The Hall–Kier alpha value is -0.790. The Morgan fingerprint density at radius 1 is 1.42 bits per heavy atom. The fourth-order valence-electron chi connectivity index (χ4n) is 1.50. The number of carbonyl (C=O) groups is 1. The fourth-order valence-corrected chi connectivity index (χ4v) is 1.50. The summed E-state index contributed by atoms with van der Waals surface area (Å²) in [4.78, 5) is 13.4. The molecule has 68 valence electrons. The van der Waals surface area contributed by atoms with Gasteiger partial charge >= 0.3 is 0 Å². The van der Waals surface area contributed by atoms with Gasteiger partial charge in [0.2, 0.25) is 0 Å². The fraction of sp³-hybridized carbons (Fsp3) is 0.700. The number of allylic oxidation sites excluding steroid dienone is 2. The molecule has 0 aromatic heterocycles. The molecule has 0 bridgehead atoms. The van der Waals surface area contributed by atoms with Crippen LogP contribution in [0.25, 0.3) is 0 Å². The van der Waals surface area contributed by atoms with Crippen LogP contribution in [-0.2, 0) is 4.79 Å². The molecular formula is C10H17NO. The smallest absolute Gasteiger partial charge is 0.157 e. The van der Waals surface area contributed by atoms with Crippen molar-refractivity contribution < 1.29 is 4.79 Å². The summed E-state index contributed by atoms with van der Waals surface area (Å²) in [5.74, 6) is 0.236. The van der Waals surface area contributed by atoms with Crippen LogP contribution in [0, 0.1) is 0 Å². The van der Waals surface area contributed by atoms with Crippen molar-refractivity contribution in [3.05, 3.63) is 11.8 Å². The Kier molecular flexibility index (Phi) is 3.32. The van der Waals surface area contributed by atoms with Crippen molar-refractivity contribution in [2.24, 2.45) is 0 Å². The van der Waals surface area contributed by atoms with Gasteiger partial charge in [-0.15, -0.1) is 0 Å². The van der Waals surface area contributed by atoms with E-state index >= 15 is 0 Å². The molecule has 1 aliphatic rings. The van der Waals surface area contributed by atoms with Gasteiger partial charge in [0.05, 0.1) is 0 Å². The molecule has 2 heteroatoms. The number of nitrogens with zero attached hydrogens (tertiary/aromatic N) is 1. The molecule has 0 aromatic rings. The summed E-state index contributed by atoms with van der Waals surface area (Å²) in [6.45, 7) is 6.17. The van der Waals surface area contributed by atoms with Crippen LogP contribution in [0.4, 0.5) is 0 Å². The van der Waals surface area contributed by atoms with Crippen molar-refractivity contribution >= 4 is 5.78 Å². The lowest BCUT2D eigenvalue weighted by atomic mass is 10.2. The van der Waals surface area contributed by atoms with Gasteiger partial charge in [-0.3, -0.25) is 4.79 Å². The van der Waals surface area contributed by atoms with Crippen LogP contribution >= 0.6 is 0 Å². The van der Waals surface area contributed by atoms with E-state index in [0.717, 1.165) is 18.8 Å². The van der Waals surface area contributed by atoms with E-state index in [2.05, 4.69) is 4.90 Å². The zero-order valence-electron chi connectivity index (χ0n) is 7.97. The maximum atomic E-state index is 11.1. The number of rotatable bonds is 3. The number of hydrogen-bond acceptors (Lipinski definition) is 2. The van der Waals surface area contributed by atoms with Crippen LogP contribution in [-0.4, -0.2) is 23.8 Å².